The first-order chi connectivity index (χ1) is 10.0. The highest BCUT2D eigenvalue weighted by Crippen LogP contribution is 2.24. The molecule has 1 fully saturated rings. The van der Waals surface area contributed by atoms with Crippen molar-refractivity contribution in [3.8, 4) is 6.07 Å². The van der Waals surface area contributed by atoms with E-state index in [1.165, 1.54) is 0 Å². The first-order valence-corrected chi connectivity index (χ1v) is 6.97. The van der Waals surface area contributed by atoms with Crippen LogP contribution < -0.4 is 16.0 Å². The normalized spacial score (nSPS) is 18.4. The molecule has 0 bridgehead atoms. The van der Waals surface area contributed by atoms with Gasteiger partial charge in [-0.3, -0.25) is 4.79 Å². The van der Waals surface area contributed by atoms with Crippen LogP contribution in [0.15, 0.2) is 18.2 Å². The summed E-state index contributed by atoms with van der Waals surface area (Å²) in [5.41, 5.74) is 7.55. The molecule has 1 aliphatic rings. The number of nitrogens with one attached hydrogen (secondary N) is 1. The number of amides is 1. The number of rotatable bonds is 3. The van der Waals surface area contributed by atoms with Crippen molar-refractivity contribution in [3.63, 3.8) is 0 Å². The molecule has 21 heavy (non-hydrogen) atoms. The number of carbonyl (C=O) groups excluding carboxylic acids is 1. The van der Waals surface area contributed by atoms with Gasteiger partial charge in [0.2, 0.25) is 5.91 Å². The SMILES string of the molecule is CC(C)NC(=O)C1COCCN1c1ccc(C#N)c(N)c1. The third-order valence-electron chi connectivity index (χ3n) is 3.35. The topological polar surface area (TPSA) is 91.4 Å². The van der Waals surface area contributed by atoms with Crippen molar-refractivity contribution in [1.82, 2.24) is 5.32 Å². The Bertz CT molecular complexity index is 565. The molecule has 1 atom stereocenters. The molecule has 1 aliphatic heterocycles. The standard InChI is InChI=1S/C15H20N4O2/c1-10(2)18-15(20)14-9-21-6-5-19(14)12-4-3-11(8-16)13(17)7-12/h3-4,7,10,14H,5-6,9,17H2,1-2H3,(H,18,20). The van der Waals surface area contributed by atoms with E-state index >= 15 is 0 Å². The number of hydrogen-bond acceptors (Lipinski definition) is 5. The van der Waals surface area contributed by atoms with Gasteiger partial charge in [-0.05, 0) is 32.0 Å². The average molecular weight is 288 g/mol. The average Bonchev–Trinajstić information content (AvgIpc) is 2.46. The Balaban J connectivity index is 2.24. The van der Waals surface area contributed by atoms with E-state index in [0.717, 1.165) is 5.69 Å². The van der Waals surface area contributed by atoms with Crippen LogP contribution in [-0.4, -0.2) is 37.7 Å². The fraction of sp³-hybridized carbons (Fsp3) is 0.467. The highest BCUT2D eigenvalue weighted by molar-refractivity contribution is 5.86. The third kappa shape index (κ3) is 3.44. The monoisotopic (exact) mass is 288 g/mol. The van der Waals surface area contributed by atoms with Gasteiger partial charge in [-0.15, -0.1) is 0 Å². The smallest absolute Gasteiger partial charge is 0.245 e. The lowest BCUT2D eigenvalue weighted by atomic mass is 10.1. The second-order valence-electron chi connectivity index (χ2n) is 5.33. The zero-order valence-electron chi connectivity index (χ0n) is 12.3. The highest BCUT2D eigenvalue weighted by atomic mass is 16.5. The number of nitriles is 1. The molecule has 112 valence electrons. The summed E-state index contributed by atoms with van der Waals surface area (Å²) in [6.45, 7) is 5.36. The minimum absolute atomic E-state index is 0.0624. The maximum atomic E-state index is 12.3. The van der Waals surface area contributed by atoms with Crippen LogP contribution in [0.1, 0.15) is 19.4 Å². The van der Waals surface area contributed by atoms with Gasteiger partial charge in [0.1, 0.15) is 12.1 Å². The first kappa shape index (κ1) is 15.1. The fourth-order valence-corrected chi connectivity index (χ4v) is 2.34. The van der Waals surface area contributed by atoms with Crippen LogP contribution >= 0.6 is 0 Å². The van der Waals surface area contributed by atoms with E-state index in [1.807, 2.05) is 30.9 Å². The second-order valence-corrected chi connectivity index (χ2v) is 5.33. The molecule has 0 spiro atoms. The van der Waals surface area contributed by atoms with Gasteiger partial charge >= 0.3 is 0 Å². The lowest BCUT2D eigenvalue weighted by Crippen LogP contribution is -2.55. The summed E-state index contributed by atoms with van der Waals surface area (Å²) in [6.07, 6.45) is 0. The Kier molecular flexibility index (Phi) is 4.66. The second kappa shape index (κ2) is 6.46. The molecule has 0 radical (unpaired) electrons. The quantitative estimate of drug-likeness (QED) is 0.805. The number of morpholine rings is 1. The lowest BCUT2D eigenvalue weighted by molar-refractivity contribution is -0.125. The zero-order valence-corrected chi connectivity index (χ0v) is 12.3. The Morgan fingerprint density at radius 2 is 2.33 bits per heavy atom. The Labute approximate surface area is 124 Å². The van der Waals surface area contributed by atoms with Crippen LogP contribution in [0.4, 0.5) is 11.4 Å². The maximum absolute atomic E-state index is 12.3. The van der Waals surface area contributed by atoms with Crippen molar-refractivity contribution in [2.45, 2.75) is 25.9 Å². The third-order valence-corrected chi connectivity index (χ3v) is 3.35. The zero-order chi connectivity index (χ0) is 15.4. The minimum atomic E-state index is -0.381. The first-order valence-electron chi connectivity index (χ1n) is 6.97. The molecule has 6 heteroatoms. The number of anilines is 2. The minimum Gasteiger partial charge on any atom is -0.398 e. The van der Waals surface area contributed by atoms with Gasteiger partial charge in [0, 0.05) is 18.3 Å². The molecule has 1 aromatic rings. The van der Waals surface area contributed by atoms with Crippen LogP contribution in [0.2, 0.25) is 0 Å². The van der Waals surface area contributed by atoms with Gasteiger partial charge in [0.05, 0.1) is 24.5 Å². The summed E-state index contributed by atoms with van der Waals surface area (Å²) in [5, 5.41) is 11.8. The summed E-state index contributed by atoms with van der Waals surface area (Å²) in [5.74, 6) is -0.0624. The Hall–Kier alpha value is -2.26. The van der Waals surface area contributed by atoms with Gasteiger partial charge in [0.25, 0.3) is 0 Å². The van der Waals surface area contributed by atoms with E-state index < -0.39 is 0 Å². The number of nitrogen functional groups attached to an aromatic ring is 1. The molecule has 0 saturated carbocycles. The molecule has 1 unspecified atom stereocenters. The van der Waals surface area contributed by atoms with Crippen molar-refractivity contribution in [3.05, 3.63) is 23.8 Å². The number of ether oxygens (including phenoxy) is 1. The molecule has 1 aromatic carbocycles. The molecule has 0 aromatic heterocycles. The van der Waals surface area contributed by atoms with E-state index in [9.17, 15) is 4.79 Å². The van der Waals surface area contributed by atoms with Crippen molar-refractivity contribution in [2.24, 2.45) is 0 Å². The number of carbonyl (C=O) groups is 1. The van der Waals surface area contributed by atoms with E-state index in [4.69, 9.17) is 15.7 Å². The summed E-state index contributed by atoms with van der Waals surface area (Å²) in [7, 11) is 0. The summed E-state index contributed by atoms with van der Waals surface area (Å²) in [6, 6.07) is 6.96. The van der Waals surface area contributed by atoms with Gasteiger partial charge in [-0.1, -0.05) is 0 Å². The lowest BCUT2D eigenvalue weighted by Gasteiger charge is -2.36. The van der Waals surface area contributed by atoms with Crippen molar-refractivity contribution >= 4 is 17.3 Å². The van der Waals surface area contributed by atoms with E-state index in [-0.39, 0.29) is 18.0 Å². The van der Waals surface area contributed by atoms with Crippen molar-refractivity contribution in [1.29, 1.82) is 5.26 Å². The van der Waals surface area contributed by atoms with Gasteiger partial charge in [-0.2, -0.15) is 5.26 Å². The Morgan fingerprint density at radius 1 is 1.57 bits per heavy atom. The van der Waals surface area contributed by atoms with E-state index in [2.05, 4.69) is 5.32 Å². The molecule has 2 rings (SSSR count). The molecular weight excluding hydrogens is 268 g/mol. The molecule has 1 heterocycles. The number of nitrogens with two attached hydrogens (primary N) is 1. The molecular formula is C15H20N4O2. The van der Waals surface area contributed by atoms with Crippen molar-refractivity contribution < 1.29 is 9.53 Å². The number of hydrogen-bond donors (Lipinski definition) is 2. The molecule has 0 aliphatic carbocycles. The summed E-state index contributed by atoms with van der Waals surface area (Å²) in [4.78, 5) is 14.3. The predicted octanol–water partition coefficient (Wildman–Crippen LogP) is 0.870. The molecule has 1 saturated heterocycles. The van der Waals surface area contributed by atoms with Gasteiger partial charge < -0.3 is 20.7 Å². The van der Waals surface area contributed by atoms with Crippen LogP contribution in [0, 0.1) is 11.3 Å². The van der Waals surface area contributed by atoms with Crippen LogP contribution in [0.25, 0.3) is 0 Å². The fourth-order valence-electron chi connectivity index (χ4n) is 2.34. The predicted molar refractivity (Wildman–Crippen MR) is 80.8 cm³/mol. The summed E-state index contributed by atoms with van der Waals surface area (Å²) >= 11 is 0. The van der Waals surface area contributed by atoms with Crippen LogP contribution in [-0.2, 0) is 9.53 Å². The number of benzene rings is 1. The van der Waals surface area contributed by atoms with E-state index in [0.29, 0.717) is 31.0 Å². The van der Waals surface area contributed by atoms with E-state index in [1.54, 1.807) is 12.1 Å². The van der Waals surface area contributed by atoms with Crippen molar-refractivity contribution in [2.75, 3.05) is 30.4 Å². The van der Waals surface area contributed by atoms with Crippen LogP contribution in [0.5, 0.6) is 0 Å². The maximum Gasteiger partial charge on any atom is 0.245 e. The van der Waals surface area contributed by atoms with Crippen LogP contribution in [0.3, 0.4) is 0 Å². The highest BCUT2D eigenvalue weighted by Gasteiger charge is 2.30. The van der Waals surface area contributed by atoms with Gasteiger partial charge in [-0.25, -0.2) is 0 Å². The molecule has 1 amide bonds. The molecule has 6 nitrogen and oxygen atoms in total. The van der Waals surface area contributed by atoms with Gasteiger partial charge in [0.15, 0.2) is 0 Å². The summed E-state index contributed by atoms with van der Waals surface area (Å²) < 4.78 is 5.43. The largest absolute Gasteiger partial charge is 0.398 e. The molecule has 3 N–H and O–H groups in total. The number of nitrogens with zero attached hydrogens (tertiary/aromatic N) is 2. The Morgan fingerprint density at radius 3 is 2.95 bits per heavy atom.